The first kappa shape index (κ1) is 16.3. The number of aromatic nitrogens is 3. The number of imidazole rings is 1. The Hall–Kier alpha value is -3.18. The number of hydrogen-bond acceptors (Lipinski definition) is 3. The average Bonchev–Trinajstić information content (AvgIpc) is 3.35. The molecule has 0 amide bonds. The first-order valence-corrected chi connectivity index (χ1v) is 8.67. The predicted octanol–water partition coefficient (Wildman–Crippen LogP) is 3.58. The van der Waals surface area contributed by atoms with Crippen molar-refractivity contribution in [2.45, 2.75) is 12.6 Å². The lowest BCUT2D eigenvalue weighted by atomic mass is 9.97. The van der Waals surface area contributed by atoms with Gasteiger partial charge in [0.1, 0.15) is 0 Å². The summed E-state index contributed by atoms with van der Waals surface area (Å²) in [6, 6.07) is 17.3. The van der Waals surface area contributed by atoms with E-state index in [-0.39, 0.29) is 11.8 Å². The minimum absolute atomic E-state index is 0.0688. The van der Waals surface area contributed by atoms with Crippen LogP contribution in [0.4, 0.5) is 0 Å². The Morgan fingerprint density at radius 1 is 1.12 bits per heavy atom. The molecule has 26 heavy (non-hydrogen) atoms. The monoisotopic (exact) mass is 344 g/mol. The maximum absolute atomic E-state index is 13.3. The van der Waals surface area contributed by atoms with Crippen LogP contribution in [0.1, 0.15) is 22.0 Å². The summed E-state index contributed by atoms with van der Waals surface area (Å²) in [5.41, 5.74) is 2.65. The number of hydrogen-bond donors (Lipinski definition) is 2. The van der Waals surface area contributed by atoms with Gasteiger partial charge in [-0.25, -0.2) is 4.98 Å². The van der Waals surface area contributed by atoms with E-state index < -0.39 is 0 Å². The van der Waals surface area contributed by atoms with E-state index in [2.05, 4.69) is 15.3 Å². The van der Waals surface area contributed by atoms with Gasteiger partial charge in [-0.05, 0) is 11.6 Å². The number of rotatable bonds is 7. The summed E-state index contributed by atoms with van der Waals surface area (Å²) >= 11 is 0. The van der Waals surface area contributed by atoms with Crippen molar-refractivity contribution in [3.05, 3.63) is 90.6 Å². The summed E-state index contributed by atoms with van der Waals surface area (Å²) in [5, 5.41) is 4.37. The second-order valence-electron chi connectivity index (χ2n) is 6.21. The van der Waals surface area contributed by atoms with Gasteiger partial charge in [0.25, 0.3) is 0 Å². The molecule has 0 aliphatic heterocycles. The Kier molecular flexibility index (Phi) is 4.62. The summed E-state index contributed by atoms with van der Waals surface area (Å²) < 4.78 is 1.99. The van der Waals surface area contributed by atoms with Crippen LogP contribution in [0.25, 0.3) is 10.9 Å². The Morgan fingerprint density at radius 3 is 2.73 bits per heavy atom. The number of aromatic amines is 1. The molecule has 5 nitrogen and oxygen atoms in total. The van der Waals surface area contributed by atoms with Gasteiger partial charge in [-0.3, -0.25) is 4.79 Å². The van der Waals surface area contributed by atoms with Gasteiger partial charge in [-0.15, -0.1) is 0 Å². The number of fused-ring (bicyclic) bond motifs is 1. The minimum Gasteiger partial charge on any atom is -0.360 e. The summed E-state index contributed by atoms with van der Waals surface area (Å²) in [4.78, 5) is 20.6. The third-order valence-electron chi connectivity index (χ3n) is 4.53. The third kappa shape index (κ3) is 3.30. The molecular formula is C21H20N4O. The van der Waals surface area contributed by atoms with Crippen molar-refractivity contribution in [2.24, 2.45) is 0 Å². The topological polar surface area (TPSA) is 62.7 Å². The van der Waals surface area contributed by atoms with E-state index >= 15 is 0 Å². The summed E-state index contributed by atoms with van der Waals surface area (Å²) in [5.74, 6) is 0.0688. The molecule has 2 N–H and O–H groups in total. The van der Waals surface area contributed by atoms with Crippen molar-refractivity contribution >= 4 is 16.7 Å². The van der Waals surface area contributed by atoms with Crippen molar-refractivity contribution < 1.29 is 4.79 Å². The van der Waals surface area contributed by atoms with Crippen molar-refractivity contribution in [3.8, 4) is 0 Å². The number of nitrogens with one attached hydrogen (secondary N) is 2. The maximum atomic E-state index is 13.3. The molecule has 5 heteroatoms. The molecule has 0 unspecified atom stereocenters. The number of H-pyrrole nitrogens is 1. The molecule has 0 spiro atoms. The molecule has 0 fully saturated rings. The smallest absolute Gasteiger partial charge is 0.186 e. The lowest BCUT2D eigenvalue weighted by molar-refractivity contribution is 0.0944. The van der Waals surface area contributed by atoms with Gasteiger partial charge in [0, 0.05) is 48.1 Å². The number of Topliss-reactive ketones (excluding diaryl/α,β-unsaturated/α-hetero) is 1. The zero-order valence-corrected chi connectivity index (χ0v) is 14.3. The highest BCUT2D eigenvalue weighted by molar-refractivity contribution is 6.10. The Bertz CT molecular complexity index is 989. The van der Waals surface area contributed by atoms with Crippen molar-refractivity contribution in [2.75, 3.05) is 6.54 Å². The van der Waals surface area contributed by atoms with Gasteiger partial charge < -0.3 is 14.9 Å². The van der Waals surface area contributed by atoms with Crippen LogP contribution < -0.4 is 5.32 Å². The number of carbonyl (C=O) groups is 1. The molecule has 0 saturated heterocycles. The molecule has 4 aromatic rings. The van der Waals surface area contributed by atoms with Gasteiger partial charge >= 0.3 is 0 Å². The van der Waals surface area contributed by atoms with Crippen LogP contribution in [-0.4, -0.2) is 26.9 Å². The quantitative estimate of drug-likeness (QED) is 0.504. The largest absolute Gasteiger partial charge is 0.360 e. The van der Waals surface area contributed by atoms with Crippen LogP contribution >= 0.6 is 0 Å². The molecule has 2 heterocycles. The first-order valence-electron chi connectivity index (χ1n) is 8.67. The maximum Gasteiger partial charge on any atom is 0.186 e. The number of nitrogens with zero attached hydrogens (tertiary/aromatic N) is 2. The van der Waals surface area contributed by atoms with Crippen LogP contribution in [0, 0.1) is 0 Å². The van der Waals surface area contributed by atoms with Crippen LogP contribution in [-0.2, 0) is 6.54 Å². The van der Waals surface area contributed by atoms with E-state index in [1.54, 1.807) is 18.7 Å². The van der Waals surface area contributed by atoms with Gasteiger partial charge in [0.05, 0.1) is 12.4 Å². The second-order valence-corrected chi connectivity index (χ2v) is 6.21. The zero-order chi connectivity index (χ0) is 17.8. The second kappa shape index (κ2) is 7.37. The molecule has 0 aliphatic carbocycles. The van der Waals surface area contributed by atoms with Crippen molar-refractivity contribution in [3.63, 3.8) is 0 Å². The van der Waals surface area contributed by atoms with Crippen molar-refractivity contribution in [1.82, 2.24) is 19.9 Å². The van der Waals surface area contributed by atoms with E-state index in [0.717, 1.165) is 23.0 Å². The van der Waals surface area contributed by atoms with Crippen LogP contribution in [0.5, 0.6) is 0 Å². The number of ketones is 1. The predicted molar refractivity (Wildman–Crippen MR) is 102 cm³/mol. The fourth-order valence-corrected chi connectivity index (χ4v) is 3.20. The van der Waals surface area contributed by atoms with Gasteiger partial charge in [0.15, 0.2) is 5.78 Å². The van der Waals surface area contributed by atoms with Crippen LogP contribution in [0.3, 0.4) is 0 Å². The molecular weight excluding hydrogens is 324 g/mol. The summed E-state index contributed by atoms with van der Waals surface area (Å²) in [7, 11) is 0. The molecule has 0 radical (unpaired) electrons. The Labute approximate surface area is 151 Å². The highest BCUT2D eigenvalue weighted by Crippen LogP contribution is 2.24. The molecule has 0 saturated carbocycles. The molecule has 0 bridgehead atoms. The fourth-order valence-electron chi connectivity index (χ4n) is 3.20. The number of para-hydroxylation sites is 1. The number of benzene rings is 2. The molecule has 4 rings (SSSR count). The summed E-state index contributed by atoms with van der Waals surface area (Å²) in [6.07, 6.45) is 7.26. The first-order chi connectivity index (χ1) is 12.8. The lowest BCUT2D eigenvalue weighted by Gasteiger charge is -2.18. The van der Waals surface area contributed by atoms with Gasteiger partial charge in [0.2, 0.25) is 0 Å². The molecule has 130 valence electrons. The van der Waals surface area contributed by atoms with Crippen molar-refractivity contribution in [1.29, 1.82) is 0 Å². The Balaban J connectivity index is 1.60. The highest BCUT2D eigenvalue weighted by Gasteiger charge is 2.23. The van der Waals surface area contributed by atoms with Crippen LogP contribution in [0.2, 0.25) is 0 Å². The minimum atomic E-state index is -0.390. The SMILES string of the molecule is O=C(c1c[nH]c2ccccc12)[C@H](NCCn1ccnc1)c1ccccc1. The van der Waals surface area contributed by atoms with Gasteiger partial charge in [-0.1, -0.05) is 48.5 Å². The standard InChI is InChI=1S/C21H20N4O/c26-21(18-14-24-19-9-5-4-8-17(18)19)20(16-6-2-1-3-7-16)23-11-13-25-12-10-22-15-25/h1-10,12,14-15,20,23-24H,11,13H2/t20-/m1/s1. The van der Waals surface area contributed by atoms with E-state index in [1.807, 2.05) is 65.4 Å². The Morgan fingerprint density at radius 2 is 1.92 bits per heavy atom. The van der Waals surface area contributed by atoms with E-state index in [1.165, 1.54) is 0 Å². The van der Waals surface area contributed by atoms with Gasteiger partial charge in [-0.2, -0.15) is 0 Å². The highest BCUT2D eigenvalue weighted by atomic mass is 16.1. The van der Waals surface area contributed by atoms with E-state index in [4.69, 9.17) is 0 Å². The molecule has 1 atom stereocenters. The molecule has 2 aromatic carbocycles. The van der Waals surface area contributed by atoms with E-state index in [0.29, 0.717) is 12.1 Å². The average molecular weight is 344 g/mol. The molecule has 0 aliphatic rings. The number of carbonyl (C=O) groups excluding carboxylic acids is 1. The summed E-state index contributed by atoms with van der Waals surface area (Å²) in [6.45, 7) is 1.43. The molecule has 2 aromatic heterocycles. The third-order valence-corrected chi connectivity index (χ3v) is 4.53. The van der Waals surface area contributed by atoms with E-state index in [9.17, 15) is 4.79 Å². The fraction of sp³-hybridized carbons (Fsp3) is 0.143. The normalized spacial score (nSPS) is 12.3. The van der Waals surface area contributed by atoms with Crippen LogP contribution in [0.15, 0.2) is 79.5 Å². The lowest BCUT2D eigenvalue weighted by Crippen LogP contribution is -2.31. The zero-order valence-electron chi connectivity index (χ0n) is 14.3.